The van der Waals surface area contributed by atoms with Gasteiger partial charge in [-0.2, -0.15) is 0 Å². The topological polar surface area (TPSA) is 132 Å². The molecule has 5 rings (SSSR count). The third-order valence-corrected chi connectivity index (χ3v) is 11.0. The Labute approximate surface area is 245 Å². The number of nitrogens with zero attached hydrogens (tertiary/aromatic N) is 3. The molecule has 5 unspecified atom stereocenters. The van der Waals surface area contributed by atoms with Gasteiger partial charge in [0, 0.05) is 57.3 Å². The van der Waals surface area contributed by atoms with Gasteiger partial charge in [-0.15, -0.1) is 0 Å². The summed E-state index contributed by atoms with van der Waals surface area (Å²) in [7, 11) is 2.11. The quantitative estimate of drug-likeness (QED) is 0.283. The number of piperazine rings is 1. The second-order valence-electron chi connectivity index (χ2n) is 13.8. The number of carbonyl (C=O) groups is 2. The zero-order valence-electron chi connectivity index (χ0n) is 25.2. The van der Waals surface area contributed by atoms with Crippen LogP contribution in [0.2, 0.25) is 0 Å². The molecule has 0 radical (unpaired) electrons. The van der Waals surface area contributed by atoms with Crippen LogP contribution >= 0.6 is 0 Å². The molecule has 0 aromatic heterocycles. The Morgan fingerprint density at radius 2 is 1.66 bits per heavy atom. The van der Waals surface area contributed by atoms with Gasteiger partial charge in [0.15, 0.2) is 0 Å². The van der Waals surface area contributed by atoms with E-state index in [2.05, 4.69) is 37.7 Å². The van der Waals surface area contributed by atoms with Crippen molar-refractivity contribution in [1.82, 2.24) is 30.7 Å². The van der Waals surface area contributed by atoms with E-state index < -0.39 is 18.3 Å². The second kappa shape index (κ2) is 13.9. The van der Waals surface area contributed by atoms with Crippen molar-refractivity contribution >= 4 is 11.8 Å². The van der Waals surface area contributed by atoms with E-state index in [1.807, 2.05) is 0 Å². The molecule has 41 heavy (non-hydrogen) atoms. The number of nitrogens with one attached hydrogen (secondary N) is 3. The van der Waals surface area contributed by atoms with E-state index >= 15 is 0 Å². The van der Waals surface area contributed by atoms with Gasteiger partial charge in [0.2, 0.25) is 11.8 Å². The largest absolute Gasteiger partial charge is 0.350 e. The van der Waals surface area contributed by atoms with E-state index in [0.29, 0.717) is 18.9 Å². The number of rotatable bonds is 6. The first kappa shape index (κ1) is 31.1. The third-order valence-electron chi connectivity index (χ3n) is 11.0. The Balaban J connectivity index is 1.20. The lowest BCUT2D eigenvalue weighted by molar-refractivity contribution is -0.139. The summed E-state index contributed by atoms with van der Waals surface area (Å²) in [5.74, 6) is -0.334. The molecule has 11 heteroatoms. The predicted molar refractivity (Wildman–Crippen MR) is 159 cm³/mol. The van der Waals surface area contributed by atoms with E-state index in [1.165, 1.54) is 12.8 Å². The fraction of sp³-hybridized carbons (Fsp3) is 0.933. The van der Waals surface area contributed by atoms with Crippen molar-refractivity contribution in [2.75, 3.05) is 66.0 Å². The molecule has 2 amide bonds. The molecule has 0 aromatic carbocycles. The van der Waals surface area contributed by atoms with Crippen LogP contribution in [-0.4, -0.2) is 123 Å². The van der Waals surface area contributed by atoms with E-state index in [4.69, 9.17) is 11.5 Å². The summed E-state index contributed by atoms with van der Waals surface area (Å²) >= 11 is 0. The highest BCUT2D eigenvalue weighted by atomic mass is 19.1. The van der Waals surface area contributed by atoms with Crippen LogP contribution in [0, 0.1) is 17.3 Å². The number of alkyl halides is 1. The second-order valence-corrected chi connectivity index (χ2v) is 13.8. The number of likely N-dealkylation sites (tertiary alicyclic amines) is 1. The van der Waals surface area contributed by atoms with Gasteiger partial charge in [-0.3, -0.25) is 14.5 Å². The van der Waals surface area contributed by atoms with Crippen LogP contribution in [0.4, 0.5) is 4.39 Å². The summed E-state index contributed by atoms with van der Waals surface area (Å²) in [5.41, 5.74) is 12.7. The van der Waals surface area contributed by atoms with Gasteiger partial charge in [-0.05, 0) is 83.5 Å². The van der Waals surface area contributed by atoms with Crippen LogP contribution in [-0.2, 0) is 9.59 Å². The molecular formula is C30H55FN8O2. The lowest BCUT2D eigenvalue weighted by Crippen LogP contribution is -2.65. The molecule has 4 aliphatic heterocycles. The predicted octanol–water partition coefficient (Wildman–Crippen LogP) is 0.219. The molecule has 1 aliphatic carbocycles. The van der Waals surface area contributed by atoms with Gasteiger partial charge in [-0.25, -0.2) is 4.39 Å². The first-order valence-corrected chi connectivity index (χ1v) is 16.4. The van der Waals surface area contributed by atoms with Crippen molar-refractivity contribution in [2.45, 2.75) is 94.7 Å². The van der Waals surface area contributed by atoms with Crippen LogP contribution in [0.25, 0.3) is 0 Å². The SMILES string of the molecule is CN1CCN(C(=O)C2CCN(C3CCNCC3NC(=O)C(C(N)N)C3CC4(CCCC4)CCC(F)CN3)CC2)CC1. The summed E-state index contributed by atoms with van der Waals surface area (Å²) < 4.78 is 14.7. The first-order chi connectivity index (χ1) is 19.7. The Morgan fingerprint density at radius 1 is 0.951 bits per heavy atom. The third kappa shape index (κ3) is 7.59. The molecular weight excluding hydrogens is 523 g/mol. The number of carbonyl (C=O) groups excluding carboxylic acids is 2. The first-order valence-electron chi connectivity index (χ1n) is 16.4. The highest BCUT2D eigenvalue weighted by Crippen LogP contribution is 2.47. The minimum absolute atomic E-state index is 0.0645. The summed E-state index contributed by atoms with van der Waals surface area (Å²) in [6, 6.07) is -0.0977. The van der Waals surface area contributed by atoms with E-state index in [-0.39, 0.29) is 41.9 Å². The average molecular weight is 579 g/mol. The highest BCUT2D eigenvalue weighted by Gasteiger charge is 2.44. The minimum atomic E-state index is -0.911. The van der Waals surface area contributed by atoms with Crippen LogP contribution in [0.3, 0.4) is 0 Å². The normalized spacial score (nSPS) is 33.4. The molecule has 0 bridgehead atoms. The molecule has 0 aromatic rings. The highest BCUT2D eigenvalue weighted by molar-refractivity contribution is 5.80. The van der Waals surface area contributed by atoms with Gasteiger partial charge in [0.05, 0.1) is 18.1 Å². The Morgan fingerprint density at radius 3 is 2.34 bits per heavy atom. The maximum atomic E-state index is 14.7. The number of amides is 2. The van der Waals surface area contributed by atoms with Gasteiger partial charge in [-0.1, -0.05) is 12.8 Å². The summed E-state index contributed by atoms with van der Waals surface area (Å²) in [6.45, 7) is 7.11. The fourth-order valence-electron chi connectivity index (χ4n) is 8.41. The van der Waals surface area contributed by atoms with Gasteiger partial charge < -0.3 is 37.2 Å². The molecule has 1 spiro atoms. The van der Waals surface area contributed by atoms with Gasteiger partial charge >= 0.3 is 0 Å². The van der Waals surface area contributed by atoms with Crippen molar-refractivity contribution < 1.29 is 14.0 Å². The molecule has 5 fully saturated rings. The molecule has 5 aliphatic rings. The maximum Gasteiger partial charge on any atom is 0.227 e. The number of hydrogen-bond donors (Lipinski definition) is 5. The monoisotopic (exact) mass is 578 g/mol. The Hall–Kier alpha value is -1.37. The zero-order valence-corrected chi connectivity index (χ0v) is 25.2. The molecule has 4 saturated heterocycles. The van der Waals surface area contributed by atoms with E-state index in [1.54, 1.807) is 0 Å². The van der Waals surface area contributed by atoms with Crippen molar-refractivity contribution in [3.05, 3.63) is 0 Å². The fourth-order valence-corrected chi connectivity index (χ4v) is 8.41. The average Bonchev–Trinajstić information content (AvgIpc) is 3.43. The minimum Gasteiger partial charge on any atom is -0.350 e. The molecule has 4 heterocycles. The van der Waals surface area contributed by atoms with Crippen LogP contribution in [0.5, 0.6) is 0 Å². The zero-order chi connectivity index (χ0) is 29.0. The standard InChI is InChI=1S/C30H55FN8O2/c1-37-14-16-39(17-15-37)29(41)21-6-12-38(13-7-21)25-5-11-34-20-24(25)36-28(40)26(27(32)33)23-18-30(8-2-3-9-30)10-4-22(31)19-35-23/h21-27,34-35H,2-20,32-33H2,1H3,(H,36,40). The van der Waals surface area contributed by atoms with Crippen LogP contribution in [0.15, 0.2) is 0 Å². The molecule has 1 saturated carbocycles. The number of nitrogens with two attached hydrogens (primary N) is 2. The molecule has 5 atom stereocenters. The maximum absolute atomic E-state index is 14.7. The number of halogens is 1. The number of piperidine rings is 2. The Bertz CT molecular complexity index is 871. The van der Waals surface area contributed by atoms with E-state index in [0.717, 1.165) is 90.8 Å². The van der Waals surface area contributed by atoms with Crippen molar-refractivity contribution in [2.24, 2.45) is 28.7 Å². The van der Waals surface area contributed by atoms with E-state index in [9.17, 15) is 14.0 Å². The number of likely N-dealkylation sites (N-methyl/N-ethyl adjacent to an activating group) is 1. The van der Waals surface area contributed by atoms with Crippen molar-refractivity contribution in [3.8, 4) is 0 Å². The van der Waals surface area contributed by atoms with Crippen LogP contribution < -0.4 is 27.4 Å². The lowest BCUT2D eigenvalue weighted by atomic mass is 9.72. The molecule has 234 valence electrons. The number of hydrogen-bond acceptors (Lipinski definition) is 8. The molecule has 7 N–H and O–H groups in total. The smallest absolute Gasteiger partial charge is 0.227 e. The van der Waals surface area contributed by atoms with Crippen molar-refractivity contribution in [1.29, 1.82) is 0 Å². The van der Waals surface area contributed by atoms with Crippen molar-refractivity contribution in [3.63, 3.8) is 0 Å². The lowest BCUT2D eigenvalue weighted by Gasteiger charge is -2.45. The Kier molecular flexibility index (Phi) is 10.6. The summed E-state index contributed by atoms with van der Waals surface area (Å²) in [4.78, 5) is 33.9. The van der Waals surface area contributed by atoms with Crippen LogP contribution in [0.1, 0.15) is 64.2 Å². The van der Waals surface area contributed by atoms with Gasteiger partial charge in [0.1, 0.15) is 6.17 Å². The summed E-state index contributed by atoms with van der Waals surface area (Å²) in [5, 5.41) is 10.2. The van der Waals surface area contributed by atoms with Gasteiger partial charge in [0.25, 0.3) is 0 Å². The summed E-state index contributed by atoms with van der Waals surface area (Å²) in [6.07, 6.45) is 7.74. The molecule has 10 nitrogen and oxygen atoms in total.